The first-order chi connectivity index (χ1) is 8.02. The number of isocyanates is 2. The van der Waals surface area contributed by atoms with Gasteiger partial charge in [-0.15, -0.1) is 0 Å². The van der Waals surface area contributed by atoms with Crippen LogP contribution < -0.4 is 0 Å². The van der Waals surface area contributed by atoms with Gasteiger partial charge in [0.05, 0.1) is 11.4 Å². The summed E-state index contributed by atoms with van der Waals surface area (Å²) in [5, 5.41) is 0. The maximum Gasteiger partial charge on any atom is 0.240 e. The van der Waals surface area contributed by atoms with E-state index in [0.29, 0.717) is 11.4 Å². The highest BCUT2D eigenvalue weighted by Gasteiger charge is 2.16. The van der Waals surface area contributed by atoms with Crippen molar-refractivity contribution < 1.29 is 9.59 Å². The smallest absolute Gasteiger partial charge is 0.211 e. The van der Waals surface area contributed by atoms with Crippen LogP contribution in [0.4, 0.5) is 11.4 Å². The fourth-order valence-corrected chi connectivity index (χ4v) is 1.93. The van der Waals surface area contributed by atoms with Crippen LogP contribution in [0.3, 0.4) is 0 Å². The monoisotopic (exact) mass is 230 g/mol. The van der Waals surface area contributed by atoms with Crippen LogP contribution in [-0.2, 0) is 9.59 Å². The largest absolute Gasteiger partial charge is 0.240 e. The van der Waals surface area contributed by atoms with Gasteiger partial charge < -0.3 is 0 Å². The van der Waals surface area contributed by atoms with Crippen LogP contribution in [0.25, 0.3) is 0 Å². The Kier molecular flexibility index (Phi) is 4.11. The Hall–Kier alpha value is -2.02. The van der Waals surface area contributed by atoms with Crippen LogP contribution in [0.15, 0.2) is 16.1 Å². The summed E-state index contributed by atoms with van der Waals surface area (Å²) in [6.45, 7) is 7.65. The van der Waals surface area contributed by atoms with Gasteiger partial charge >= 0.3 is 0 Å². The number of hydrogen-bond acceptors (Lipinski definition) is 4. The molecule has 4 heteroatoms. The van der Waals surface area contributed by atoms with Gasteiger partial charge in [0, 0.05) is 5.56 Å². The molecule has 0 amide bonds. The van der Waals surface area contributed by atoms with Crippen molar-refractivity contribution in [3.63, 3.8) is 0 Å². The number of carbonyl (C=O) groups excluding carboxylic acids is 2. The average Bonchev–Trinajstić information content (AvgIpc) is 2.25. The summed E-state index contributed by atoms with van der Waals surface area (Å²) < 4.78 is 0. The van der Waals surface area contributed by atoms with E-state index < -0.39 is 0 Å². The van der Waals surface area contributed by atoms with E-state index in [-0.39, 0.29) is 5.92 Å². The molecule has 1 rings (SSSR count). The van der Waals surface area contributed by atoms with Crippen LogP contribution in [0.2, 0.25) is 0 Å². The molecular formula is C13H14N2O2. The van der Waals surface area contributed by atoms with Crippen molar-refractivity contribution in [2.24, 2.45) is 9.98 Å². The standard InChI is InChI=1S/C13H14N2O2/c1-8(2)11-12(14-6-16)9(3)5-10(4)13(11)15-7-17/h5,8H,1-4H3. The lowest BCUT2D eigenvalue weighted by atomic mass is 9.93. The number of aliphatic imine (C=N–C) groups is 2. The van der Waals surface area contributed by atoms with Crippen molar-refractivity contribution in [1.29, 1.82) is 0 Å². The Morgan fingerprint density at radius 2 is 1.41 bits per heavy atom. The molecule has 1 aromatic carbocycles. The molecule has 1 aromatic rings. The maximum absolute atomic E-state index is 10.5. The van der Waals surface area contributed by atoms with Crippen molar-refractivity contribution in [3.8, 4) is 0 Å². The molecule has 0 saturated carbocycles. The van der Waals surface area contributed by atoms with Gasteiger partial charge in [-0.1, -0.05) is 19.9 Å². The second-order valence-corrected chi connectivity index (χ2v) is 4.18. The predicted octanol–water partition coefficient (Wildman–Crippen LogP) is 3.36. The summed E-state index contributed by atoms with van der Waals surface area (Å²) in [4.78, 5) is 28.3. The Labute approximate surface area is 100 Å². The third kappa shape index (κ3) is 2.56. The lowest BCUT2D eigenvalue weighted by Crippen LogP contribution is -1.94. The molecule has 4 nitrogen and oxygen atoms in total. The molecule has 0 radical (unpaired) electrons. The van der Waals surface area contributed by atoms with Gasteiger partial charge in [-0.2, -0.15) is 9.98 Å². The molecule has 0 heterocycles. The van der Waals surface area contributed by atoms with E-state index in [1.165, 1.54) is 0 Å². The fourth-order valence-electron chi connectivity index (χ4n) is 1.93. The van der Waals surface area contributed by atoms with Gasteiger partial charge in [0.25, 0.3) is 0 Å². The number of benzene rings is 1. The first kappa shape index (κ1) is 13.0. The Bertz CT molecular complexity index is 493. The SMILES string of the molecule is Cc1cc(C)c(N=C=O)c(C(C)C)c1N=C=O. The summed E-state index contributed by atoms with van der Waals surface area (Å²) in [5.74, 6) is 0.104. The molecule has 0 aliphatic heterocycles. The van der Waals surface area contributed by atoms with Crippen LogP contribution in [0.1, 0.15) is 36.5 Å². The highest BCUT2D eigenvalue weighted by Crippen LogP contribution is 2.39. The van der Waals surface area contributed by atoms with E-state index in [0.717, 1.165) is 16.7 Å². The van der Waals surface area contributed by atoms with Gasteiger partial charge in [0.2, 0.25) is 12.2 Å². The van der Waals surface area contributed by atoms with E-state index in [4.69, 9.17) is 0 Å². The zero-order chi connectivity index (χ0) is 13.0. The van der Waals surface area contributed by atoms with Crippen LogP contribution >= 0.6 is 0 Å². The molecule has 0 N–H and O–H groups in total. The molecule has 0 aliphatic carbocycles. The van der Waals surface area contributed by atoms with Crippen LogP contribution in [0, 0.1) is 13.8 Å². The lowest BCUT2D eigenvalue weighted by Gasteiger charge is -2.15. The van der Waals surface area contributed by atoms with Gasteiger partial charge in [-0.3, -0.25) is 0 Å². The van der Waals surface area contributed by atoms with Crippen molar-refractivity contribution >= 4 is 23.5 Å². The first-order valence-electron chi connectivity index (χ1n) is 5.32. The van der Waals surface area contributed by atoms with Crippen molar-refractivity contribution in [3.05, 3.63) is 22.8 Å². The van der Waals surface area contributed by atoms with E-state index in [1.807, 2.05) is 33.8 Å². The van der Waals surface area contributed by atoms with Crippen molar-refractivity contribution in [1.82, 2.24) is 0 Å². The number of nitrogens with zero attached hydrogens (tertiary/aromatic N) is 2. The summed E-state index contributed by atoms with van der Waals surface area (Å²) in [5.41, 5.74) is 3.64. The Morgan fingerprint density at radius 3 is 1.71 bits per heavy atom. The zero-order valence-electron chi connectivity index (χ0n) is 10.4. The number of aryl methyl sites for hydroxylation is 2. The average molecular weight is 230 g/mol. The number of hydrogen-bond donors (Lipinski definition) is 0. The first-order valence-corrected chi connectivity index (χ1v) is 5.32. The molecule has 0 aliphatic rings. The van der Waals surface area contributed by atoms with Crippen molar-refractivity contribution in [2.45, 2.75) is 33.6 Å². The minimum atomic E-state index is 0.104. The molecule has 0 unspecified atom stereocenters. The highest BCUT2D eigenvalue weighted by molar-refractivity contribution is 5.72. The minimum absolute atomic E-state index is 0.104. The van der Waals surface area contributed by atoms with Gasteiger partial charge in [-0.25, -0.2) is 9.59 Å². The second-order valence-electron chi connectivity index (χ2n) is 4.18. The topological polar surface area (TPSA) is 58.9 Å². The summed E-state index contributed by atoms with van der Waals surface area (Å²) in [7, 11) is 0. The predicted molar refractivity (Wildman–Crippen MR) is 65.6 cm³/mol. The van der Waals surface area contributed by atoms with E-state index >= 15 is 0 Å². The molecule has 0 spiro atoms. The maximum atomic E-state index is 10.5. The number of rotatable bonds is 3. The Morgan fingerprint density at radius 1 is 1.00 bits per heavy atom. The quantitative estimate of drug-likeness (QED) is 0.590. The zero-order valence-corrected chi connectivity index (χ0v) is 10.4. The minimum Gasteiger partial charge on any atom is -0.211 e. The van der Waals surface area contributed by atoms with E-state index in [1.54, 1.807) is 12.2 Å². The molecule has 0 saturated heterocycles. The van der Waals surface area contributed by atoms with Crippen LogP contribution in [0.5, 0.6) is 0 Å². The van der Waals surface area contributed by atoms with E-state index in [2.05, 4.69) is 9.98 Å². The Balaban J connectivity index is 3.76. The molecule has 0 fully saturated rings. The third-order valence-electron chi connectivity index (χ3n) is 2.58. The van der Waals surface area contributed by atoms with Gasteiger partial charge in [0.15, 0.2) is 0 Å². The second kappa shape index (κ2) is 5.35. The summed E-state index contributed by atoms with van der Waals surface area (Å²) in [6, 6.07) is 1.85. The lowest BCUT2D eigenvalue weighted by molar-refractivity contribution is 0.564. The molecule has 0 aromatic heterocycles. The normalized spacial score (nSPS) is 9.71. The molecular weight excluding hydrogens is 216 g/mol. The molecule has 0 atom stereocenters. The van der Waals surface area contributed by atoms with E-state index in [9.17, 15) is 9.59 Å². The summed E-state index contributed by atoms with van der Waals surface area (Å²) >= 11 is 0. The van der Waals surface area contributed by atoms with Gasteiger partial charge in [0.1, 0.15) is 0 Å². The molecule has 88 valence electrons. The van der Waals surface area contributed by atoms with Crippen molar-refractivity contribution in [2.75, 3.05) is 0 Å². The third-order valence-corrected chi connectivity index (χ3v) is 2.58. The van der Waals surface area contributed by atoms with Crippen LogP contribution in [-0.4, -0.2) is 12.2 Å². The highest BCUT2D eigenvalue weighted by atomic mass is 16.1. The van der Waals surface area contributed by atoms with Gasteiger partial charge in [-0.05, 0) is 30.9 Å². The molecule has 0 bridgehead atoms. The molecule has 17 heavy (non-hydrogen) atoms. The fraction of sp³-hybridized carbons (Fsp3) is 0.385. The summed E-state index contributed by atoms with van der Waals surface area (Å²) in [6.07, 6.45) is 3.09.